The maximum atomic E-state index is 12.2. The van der Waals surface area contributed by atoms with Crippen LogP contribution in [0.25, 0.3) is 0 Å². The van der Waals surface area contributed by atoms with Gasteiger partial charge in [0.2, 0.25) is 10.0 Å². The summed E-state index contributed by atoms with van der Waals surface area (Å²) < 4.78 is 33.0. The lowest BCUT2D eigenvalue weighted by Crippen LogP contribution is -2.39. The van der Waals surface area contributed by atoms with Crippen LogP contribution < -0.4 is 10.5 Å². The molecule has 0 bridgehead atoms. The van der Waals surface area contributed by atoms with Gasteiger partial charge in [-0.05, 0) is 47.5 Å². The second-order valence-corrected chi connectivity index (χ2v) is 6.84. The number of rotatable bonds is 3. The van der Waals surface area contributed by atoms with Gasteiger partial charge >= 0.3 is 0 Å². The van der Waals surface area contributed by atoms with Crippen LogP contribution in [-0.2, 0) is 14.8 Å². The Bertz CT molecular complexity index is 547. The topological polar surface area (TPSA) is 81.4 Å². The second kappa shape index (κ2) is 5.16. The Morgan fingerprint density at radius 2 is 2.22 bits per heavy atom. The molecule has 0 saturated carbocycles. The average molecular weight is 335 g/mol. The van der Waals surface area contributed by atoms with Gasteiger partial charge in [-0.2, -0.15) is 0 Å². The molecule has 18 heavy (non-hydrogen) atoms. The first-order valence-electron chi connectivity index (χ1n) is 5.59. The van der Waals surface area contributed by atoms with Crippen molar-refractivity contribution >= 4 is 31.6 Å². The van der Waals surface area contributed by atoms with E-state index < -0.39 is 10.0 Å². The predicted octanol–water partition coefficient (Wildman–Crippen LogP) is 1.49. The van der Waals surface area contributed by atoms with Gasteiger partial charge in [0, 0.05) is 16.8 Å². The number of ether oxygens (including phenoxy) is 1. The molecule has 100 valence electrons. The highest BCUT2D eigenvalue weighted by atomic mass is 79.9. The zero-order valence-corrected chi connectivity index (χ0v) is 12.3. The monoisotopic (exact) mass is 334 g/mol. The summed E-state index contributed by atoms with van der Waals surface area (Å²) >= 11 is 3.23. The van der Waals surface area contributed by atoms with Gasteiger partial charge < -0.3 is 10.5 Å². The second-order valence-electron chi connectivity index (χ2n) is 4.28. The molecule has 0 aromatic heterocycles. The molecule has 1 aliphatic rings. The number of hydrogen-bond acceptors (Lipinski definition) is 4. The molecule has 1 aromatic carbocycles. The molecule has 2 atom stereocenters. The van der Waals surface area contributed by atoms with Gasteiger partial charge in [-0.3, -0.25) is 0 Å². The molecule has 1 heterocycles. The highest BCUT2D eigenvalue weighted by Gasteiger charge is 2.29. The van der Waals surface area contributed by atoms with Crippen LogP contribution in [0.15, 0.2) is 27.6 Å². The van der Waals surface area contributed by atoms with E-state index in [1.54, 1.807) is 6.07 Å². The Morgan fingerprint density at radius 1 is 1.50 bits per heavy atom. The molecule has 1 aliphatic heterocycles. The molecule has 0 spiro atoms. The third kappa shape index (κ3) is 2.85. The first-order valence-corrected chi connectivity index (χ1v) is 7.87. The van der Waals surface area contributed by atoms with Crippen molar-refractivity contribution in [3.63, 3.8) is 0 Å². The predicted molar refractivity (Wildman–Crippen MR) is 72.7 cm³/mol. The Hall–Kier alpha value is -0.630. The molecule has 7 heteroatoms. The molecule has 5 nitrogen and oxygen atoms in total. The van der Waals surface area contributed by atoms with Crippen LogP contribution in [0.1, 0.15) is 13.3 Å². The van der Waals surface area contributed by atoms with Crippen LogP contribution in [0.5, 0.6) is 0 Å². The smallest absolute Gasteiger partial charge is 0.240 e. The Balaban J connectivity index is 2.22. The van der Waals surface area contributed by atoms with E-state index in [0.29, 0.717) is 23.2 Å². The number of halogens is 1. The number of sulfonamides is 1. The molecule has 1 saturated heterocycles. The van der Waals surface area contributed by atoms with Crippen molar-refractivity contribution in [2.24, 2.45) is 0 Å². The van der Waals surface area contributed by atoms with Gasteiger partial charge in [0.15, 0.2) is 0 Å². The van der Waals surface area contributed by atoms with Crippen LogP contribution >= 0.6 is 15.9 Å². The minimum Gasteiger partial charge on any atom is -0.398 e. The fourth-order valence-electron chi connectivity index (χ4n) is 1.84. The molecule has 1 aromatic rings. The summed E-state index contributed by atoms with van der Waals surface area (Å²) in [5.74, 6) is 0. The summed E-state index contributed by atoms with van der Waals surface area (Å²) in [6, 6.07) is 4.40. The van der Waals surface area contributed by atoms with Crippen molar-refractivity contribution in [2.45, 2.75) is 30.4 Å². The number of nitrogens with one attached hydrogen (secondary N) is 1. The van der Waals surface area contributed by atoms with Gasteiger partial charge in [0.1, 0.15) is 0 Å². The van der Waals surface area contributed by atoms with Crippen molar-refractivity contribution in [2.75, 3.05) is 12.3 Å². The van der Waals surface area contributed by atoms with Crippen molar-refractivity contribution in [1.82, 2.24) is 4.72 Å². The molecular formula is C11H15BrN2O3S. The molecule has 2 rings (SSSR count). The molecule has 1 fully saturated rings. The largest absolute Gasteiger partial charge is 0.398 e. The molecule has 2 unspecified atom stereocenters. The number of nitrogens with two attached hydrogens (primary N) is 1. The first-order chi connectivity index (χ1) is 8.40. The van der Waals surface area contributed by atoms with E-state index in [2.05, 4.69) is 20.7 Å². The summed E-state index contributed by atoms with van der Waals surface area (Å²) in [7, 11) is -3.55. The Morgan fingerprint density at radius 3 is 2.78 bits per heavy atom. The third-order valence-corrected chi connectivity index (χ3v) is 5.17. The van der Waals surface area contributed by atoms with E-state index in [9.17, 15) is 8.42 Å². The normalized spacial score (nSPS) is 24.3. The SMILES string of the molecule is CC1OCCC1NS(=O)(=O)c1ccc(Br)c(N)c1. The van der Waals surface area contributed by atoms with Gasteiger partial charge in [-0.1, -0.05) is 0 Å². The number of benzene rings is 1. The van der Waals surface area contributed by atoms with E-state index in [-0.39, 0.29) is 17.0 Å². The molecule has 0 aliphatic carbocycles. The maximum Gasteiger partial charge on any atom is 0.240 e. The van der Waals surface area contributed by atoms with E-state index in [1.165, 1.54) is 12.1 Å². The highest BCUT2D eigenvalue weighted by Crippen LogP contribution is 2.23. The van der Waals surface area contributed by atoms with E-state index in [1.807, 2.05) is 6.92 Å². The van der Waals surface area contributed by atoms with Gasteiger partial charge in [0.05, 0.1) is 17.0 Å². The van der Waals surface area contributed by atoms with Crippen LogP contribution in [0.2, 0.25) is 0 Å². The quantitative estimate of drug-likeness (QED) is 0.820. The van der Waals surface area contributed by atoms with Crippen molar-refractivity contribution < 1.29 is 13.2 Å². The summed E-state index contributed by atoms with van der Waals surface area (Å²) in [6.07, 6.45) is 0.583. The lowest BCUT2D eigenvalue weighted by Gasteiger charge is -2.16. The van der Waals surface area contributed by atoms with Crippen LogP contribution in [0, 0.1) is 0 Å². The lowest BCUT2D eigenvalue weighted by atomic mass is 10.2. The van der Waals surface area contributed by atoms with Gasteiger partial charge in [0.25, 0.3) is 0 Å². The zero-order chi connectivity index (χ0) is 13.3. The molecule has 0 radical (unpaired) electrons. The van der Waals surface area contributed by atoms with Crippen molar-refractivity contribution in [1.29, 1.82) is 0 Å². The fourth-order valence-corrected chi connectivity index (χ4v) is 3.46. The summed E-state index contributed by atoms with van der Waals surface area (Å²) in [6.45, 7) is 2.44. The average Bonchev–Trinajstić information content (AvgIpc) is 2.67. The Kier molecular flexibility index (Phi) is 3.96. The number of nitrogen functional groups attached to an aromatic ring is 1. The molecular weight excluding hydrogens is 320 g/mol. The van der Waals surface area contributed by atoms with Gasteiger partial charge in [-0.25, -0.2) is 13.1 Å². The van der Waals surface area contributed by atoms with Crippen molar-refractivity contribution in [3.05, 3.63) is 22.7 Å². The summed E-state index contributed by atoms with van der Waals surface area (Å²) in [5, 5.41) is 0. The Labute approximate surface area is 115 Å². The third-order valence-electron chi connectivity index (χ3n) is 2.96. The summed E-state index contributed by atoms with van der Waals surface area (Å²) in [4.78, 5) is 0.169. The molecule has 3 N–H and O–H groups in total. The van der Waals surface area contributed by atoms with Crippen LogP contribution in [0.4, 0.5) is 5.69 Å². The van der Waals surface area contributed by atoms with E-state index in [0.717, 1.165) is 0 Å². The van der Waals surface area contributed by atoms with E-state index >= 15 is 0 Å². The zero-order valence-electron chi connectivity index (χ0n) is 9.89. The van der Waals surface area contributed by atoms with Crippen LogP contribution in [0.3, 0.4) is 0 Å². The first kappa shape index (κ1) is 13.8. The highest BCUT2D eigenvalue weighted by molar-refractivity contribution is 9.10. The minimum absolute atomic E-state index is 0.104. The standard InChI is InChI=1S/C11H15BrN2O3S/c1-7-11(4-5-17-7)14-18(15,16)8-2-3-9(12)10(13)6-8/h2-3,6-7,11,14H,4-5,13H2,1H3. The van der Waals surface area contributed by atoms with Crippen molar-refractivity contribution in [3.8, 4) is 0 Å². The minimum atomic E-state index is -3.55. The van der Waals surface area contributed by atoms with E-state index in [4.69, 9.17) is 10.5 Å². The fraction of sp³-hybridized carbons (Fsp3) is 0.455. The lowest BCUT2D eigenvalue weighted by molar-refractivity contribution is 0.117. The maximum absolute atomic E-state index is 12.2. The summed E-state index contributed by atoms with van der Waals surface area (Å²) in [5.41, 5.74) is 6.09. The molecule has 0 amide bonds. The van der Waals surface area contributed by atoms with Gasteiger partial charge in [-0.15, -0.1) is 0 Å². The number of anilines is 1. The number of hydrogen-bond donors (Lipinski definition) is 2. The van der Waals surface area contributed by atoms with Crippen LogP contribution in [-0.4, -0.2) is 27.2 Å².